The van der Waals surface area contributed by atoms with Gasteiger partial charge >= 0.3 is 5.97 Å². The van der Waals surface area contributed by atoms with Crippen LogP contribution in [0.15, 0.2) is 55.1 Å². The van der Waals surface area contributed by atoms with Crippen LogP contribution in [0.3, 0.4) is 0 Å². The predicted octanol–water partition coefficient (Wildman–Crippen LogP) is 4.17. The summed E-state index contributed by atoms with van der Waals surface area (Å²) < 4.78 is 0. The predicted molar refractivity (Wildman–Crippen MR) is 77.5 cm³/mol. The van der Waals surface area contributed by atoms with Crippen LogP contribution < -0.4 is 0 Å². The van der Waals surface area contributed by atoms with Crippen LogP contribution in [-0.2, 0) is 11.2 Å². The lowest BCUT2D eigenvalue weighted by Gasteiger charge is -2.00. The number of benzene rings is 2. The number of halogens is 1. The average Bonchev–Trinajstić information content (AvgIpc) is 2.80. The highest BCUT2D eigenvalue weighted by molar-refractivity contribution is 6.32. The highest BCUT2D eigenvalue weighted by atomic mass is 35.5. The van der Waals surface area contributed by atoms with E-state index in [9.17, 15) is 4.79 Å². The first-order valence-electron chi connectivity index (χ1n) is 5.84. The van der Waals surface area contributed by atoms with Gasteiger partial charge < -0.3 is 5.11 Å². The van der Waals surface area contributed by atoms with Crippen molar-refractivity contribution in [1.82, 2.24) is 0 Å². The number of carboxylic acid groups (broad SMARTS) is 1. The van der Waals surface area contributed by atoms with Gasteiger partial charge in [0, 0.05) is 17.5 Å². The summed E-state index contributed by atoms with van der Waals surface area (Å²) in [6.07, 6.45) is 1.81. The van der Waals surface area contributed by atoms with E-state index < -0.39 is 5.97 Å². The van der Waals surface area contributed by atoms with Crippen molar-refractivity contribution in [3.63, 3.8) is 0 Å². The Morgan fingerprint density at radius 1 is 1.16 bits per heavy atom. The molecule has 0 saturated carbocycles. The molecule has 0 radical (unpaired) electrons. The van der Waals surface area contributed by atoms with Crippen molar-refractivity contribution in [3.05, 3.63) is 71.3 Å². The van der Waals surface area contributed by atoms with Crippen LogP contribution in [0.4, 0.5) is 0 Å². The maximum atomic E-state index is 9.25. The van der Waals surface area contributed by atoms with Gasteiger partial charge in [-0.3, -0.25) is 0 Å². The fraction of sp³-hybridized carbons (Fsp3) is 0.0625. The van der Waals surface area contributed by atoms with Crippen LogP contribution in [0.2, 0.25) is 5.02 Å². The number of aliphatic carboxylic acids is 1. The first-order chi connectivity index (χ1) is 9.13. The molecule has 3 rings (SSSR count). The third-order valence-electron chi connectivity index (χ3n) is 2.97. The van der Waals surface area contributed by atoms with E-state index >= 15 is 0 Å². The van der Waals surface area contributed by atoms with Crippen LogP contribution in [0, 0.1) is 0 Å². The van der Waals surface area contributed by atoms with Crippen LogP contribution in [0.1, 0.15) is 11.1 Å². The number of hydrogen-bond donors (Lipinski definition) is 1. The summed E-state index contributed by atoms with van der Waals surface area (Å²) in [5.74, 6) is -0.981. The molecule has 2 nitrogen and oxygen atoms in total. The lowest BCUT2D eigenvalue weighted by atomic mass is 10.1. The number of fused-ring (bicyclic) bond motifs is 3. The molecule has 2 aromatic rings. The van der Waals surface area contributed by atoms with Crippen molar-refractivity contribution in [1.29, 1.82) is 0 Å². The molecule has 0 spiro atoms. The van der Waals surface area contributed by atoms with Crippen LogP contribution in [0.5, 0.6) is 0 Å². The van der Waals surface area contributed by atoms with Gasteiger partial charge in [0.1, 0.15) is 0 Å². The molecule has 19 heavy (non-hydrogen) atoms. The number of rotatable bonds is 1. The van der Waals surface area contributed by atoms with E-state index in [4.69, 9.17) is 16.7 Å². The van der Waals surface area contributed by atoms with E-state index in [2.05, 4.69) is 36.9 Å². The first-order valence-corrected chi connectivity index (χ1v) is 6.22. The van der Waals surface area contributed by atoms with Gasteiger partial charge in [0.25, 0.3) is 0 Å². The summed E-state index contributed by atoms with van der Waals surface area (Å²) in [5, 5.41) is 8.49. The number of carbonyl (C=O) groups is 1. The zero-order chi connectivity index (χ0) is 13.8. The monoisotopic (exact) mass is 272 g/mol. The molecule has 3 heteroatoms. The SMILES string of the molecule is C=CC(=O)O.Clc1cccc2c1Cc1ccccc1-2. The second-order valence-corrected chi connectivity index (χ2v) is 4.55. The molecule has 0 heterocycles. The minimum atomic E-state index is -0.981. The van der Waals surface area contributed by atoms with E-state index in [1.54, 1.807) is 0 Å². The zero-order valence-electron chi connectivity index (χ0n) is 10.3. The summed E-state index contributed by atoms with van der Waals surface area (Å²) in [7, 11) is 0. The molecule has 0 atom stereocenters. The molecule has 96 valence electrons. The fourth-order valence-corrected chi connectivity index (χ4v) is 2.36. The van der Waals surface area contributed by atoms with Crippen molar-refractivity contribution >= 4 is 17.6 Å². The van der Waals surface area contributed by atoms with E-state index in [1.807, 2.05) is 12.1 Å². The molecule has 2 aromatic carbocycles. The second kappa shape index (κ2) is 5.72. The van der Waals surface area contributed by atoms with Gasteiger partial charge in [-0.05, 0) is 28.3 Å². The van der Waals surface area contributed by atoms with Crippen LogP contribution in [-0.4, -0.2) is 11.1 Å². The van der Waals surface area contributed by atoms with Crippen molar-refractivity contribution in [2.75, 3.05) is 0 Å². The van der Waals surface area contributed by atoms with Gasteiger partial charge in [0.2, 0.25) is 0 Å². The molecular weight excluding hydrogens is 260 g/mol. The van der Waals surface area contributed by atoms with Crippen LogP contribution in [0.25, 0.3) is 11.1 Å². The summed E-state index contributed by atoms with van der Waals surface area (Å²) in [6, 6.07) is 14.6. The number of hydrogen-bond acceptors (Lipinski definition) is 1. The Balaban J connectivity index is 0.000000232. The Morgan fingerprint density at radius 2 is 1.79 bits per heavy atom. The Kier molecular flexibility index (Phi) is 4.03. The Bertz CT molecular complexity index is 632. The van der Waals surface area contributed by atoms with Gasteiger partial charge in [-0.15, -0.1) is 0 Å². The summed E-state index contributed by atoms with van der Waals surface area (Å²) in [4.78, 5) is 9.25. The van der Waals surface area contributed by atoms with Crippen molar-refractivity contribution < 1.29 is 9.90 Å². The Labute approximate surface area is 117 Å². The lowest BCUT2D eigenvalue weighted by molar-refractivity contribution is -0.131. The molecule has 1 aliphatic rings. The second-order valence-electron chi connectivity index (χ2n) is 4.14. The highest BCUT2D eigenvalue weighted by Gasteiger charge is 2.19. The van der Waals surface area contributed by atoms with E-state index in [1.165, 1.54) is 22.3 Å². The quantitative estimate of drug-likeness (QED) is 0.675. The fourth-order valence-electron chi connectivity index (χ4n) is 2.12. The first kappa shape index (κ1) is 13.4. The molecule has 0 aliphatic heterocycles. The minimum Gasteiger partial charge on any atom is -0.478 e. The standard InChI is InChI=1S/C13H9Cl.C3H4O2/c14-13-7-3-6-11-10-5-2-1-4-9(10)8-12(11)13;1-2-3(4)5/h1-7H,8H2;2H,1H2,(H,4,5). The topological polar surface area (TPSA) is 37.3 Å². The average molecular weight is 273 g/mol. The summed E-state index contributed by atoms with van der Waals surface area (Å²) in [6.45, 7) is 2.96. The summed E-state index contributed by atoms with van der Waals surface area (Å²) in [5.41, 5.74) is 5.30. The minimum absolute atomic E-state index is 0.833. The normalized spacial score (nSPS) is 10.8. The smallest absolute Gasteiger partial charge is 0.327 e. The van der Waals surface area contributed by atoms with Crippen molar-refractivity contribution in [2.24, 2.45) is 0 Å². The molecule has 0 fully saturated rings. The van der Waals surface area contributed by atoms with E-state index in [0.717, 1.165) is 17.5 Å². The molecule has 1 aliphatic carbocycles. The third kappa shape index (κ3) is 2.85. The van der Waals surface area contributed by atoms with E-state index in [0.29, 0.717) is 0 Å². The lowest BCUT2D eigenvalue weighted by Crippen LogP contribution is -1.82. The molecule has 0 unspecified atom stereocenters. The van der Waals surface area contributed by atoms with Gasteiger partial charge in [0.15, 0.2) is 0 Å². The maximum Gasteiger partial charge on any atom is 0.327 e. The maximum absolute atomic E-state index is 9.25. The Hall–Kier alpha value is -2.06. The molecular formula is C16H13ClO2. The summed E-state index contributed by atoms with van der Waals surface area (Å²) >= 11 is 6.16. The third-order valence-corrected chi connectivity index (χ3v) is 3.32. The number of carboxylic acids is 1. The van der Waals surface area contributed by atoms with Crippen molar-refractivity contribution in [2.45, 2.75) is 6.42 Å². The van der Waals surface area contributed by atoms with Gasteiger partial charge in [-0.1, -0.05) is 54.6 Å². The Morgan fingerprint density at radius 3 is 2.47 bits per heavy atom. The largest absolute Gasteiger partial charge is 0.478 e. The molecule has 0 saturated heterocycles. The zero-order valence-corrected chi connectivity index (χ0v) is 11.0. The van der Waals surface area contributed by atoms with Crippen LogP contribution >= 0.6 is 11.6 Å². The van der Waals surface area contributed by atoms with Crippen molar-refractivity contribution in [3.8, 4) is 11.1 Å². The van der Waals surface area contributed by atoms with Gasteiger partial charge in [-0.2, -0.15) is 0 Å². The van der Waals surface area contributed by atoms with Gasteiger partial charge in [-0.25, -0.2) is 4.79 Å². The molecule has 0 bridgehead atoms. The molecule has 1 N–H and O–H groups in total. The molecule has 0 aromatic heterocycles. The van der Waals surface area contributed by atoms with Gasteiger partial charge in [0.05, 0.1) is 0 Å². The van der Waals surface area contributed by atoms with E-state index in [-0.39, 0.29) is 0 Å². The highest BCUT2D eigenvalue weighted by Crippen LogP contribution is 2.39. The molecule has 0 amide bonds.